The van der Waals surface area contributed by atoms with Gasteiger partial charge in [0.25, 0.3) is 0 Å². The van der Waals surface area contributed by atoms with Crippen molar-refractivity contribution >= 4 is 0 Å². The molecule has 0 aliphatic rings. The van der Waals surface area contributed by atoms with Gasteiger partial charge in [-0.3, -0.25) is 0 Å². The lowest BCUT2D eigenvalue weighted by molar-refractivity contribution is 0.196. The summed E-state index contributed by atoms with van der Waals surface area (Å²) in [6.45, 7) is 10.7. The molecule has 0 radical (unpaired) electrons. The van der Waals surface area contributed by atoms with Crippen LogP contribution >= 0.6 is 0 Å². The third-order valence-corrected chi connectivity index (χ3v) is 1.94. The molecule has 1 rings (SSSR count). The third kappa shape index (κ3) is 5.12. The minimum atomic E-state index is 0.0166. The highest BCUT2D eigenvalue weighted by atomic mass is 16.5. The molecular formula is C13H23NO2. The normalized spacial score (nSPS) is 10.4. The molecule has 0 aliphatic carbocycles. The highest BCUT2D eigenvalue weighted by Crippen LogP contribution is 2.22. The Morgan fingerprint density at radius 2 is 1.88 bits per heavy atom. The van der Waals surface area contributed by atoms with E-state index in [-0.39, 0.29) is 12.0 Å². The molecule has 1 N–H and O–H groups in total. The fourth-order valence-corrected chi connectivity index (χ4v) is 1.06. The van der Waals surface area contributed by atoms with Crippen molar-refractivity contribution in [1.29, 1.82) is 0 Å². The van der Waals surface area contributed by atoms with Crippen molar-refractivity contribution in [3.05, 3.63) is 23.9 Å². The summed E-state index contributed by atoms with van der Waals surface area (Å²) in [4.78, 5) is 4.15. The second-order valence-corrected chi connectivity index (χ2v) is 4.21. The van der Waals surface area contributed by atoms with E-state index in [0.717, 1.165) is 0 Å². The Bertz CT molecular complexity index is 275. The van der Waals surface area contributed by atoms with Crippen molar-refractivity contribution < 1.29 is 9.84 Å². The molecule has 92 valence electrons. The largest absolute Gasteiger partial charge is 0.475 e. The smallest absolute Gasteiger partial charge is 0.213 e. The first-order valence-electron chi connectivity index (χ1n) is 5.74. The topological polar surface area (TPSA) is 42.4 Å². The molecule has 0 unspecified atom stereocenters. The van der Waals surface area contributed by atoms with Gasteiger partial charge in [0.1, 0.15) is 6.61 Å². The van der Waals surface area contributed by atoms with Crippen LogP contribution in [0.3, 0.4) is 0 Å². The molecule has 0 saturated heterocycles. The zero-order valence-electron chi connectivity index (χ0n) is 10.9. The van der Waals surface area contributed by atoms with Gasteiger partial charge in [-0.25, -0.2) is 4.98 Å². The van der Waals surface area contributed by atoms with Crippen LogP contribution in [0.1, 0.15) is 40.2 Å². The number of rotatable bonds is 3. The number of aliphatic hydroxyl groups excluding tert-OH is 1. The van der Waals surface area contributed by atoms with Gasteiger partial charge in [-0.2, -0.15) is 0 Å². The summed E-state index contributed by atoms with van der Waals surface area (Å²) in [5.41, 5.74) is 1.29. The maximum Gasteiger partial charge on any atom is 0.213 e. The zero-order valence-corrected chi connectivity index (χ0v) is 10.9. The Balaban J connectivity index is 0.00000106. The molecule has 3 nitrogen and oxygen atoms in total. The lowest BCUT2D eigenvalue weighted by Gasteiger charge is -2.18. The molecule has 0 fully saturated rings. The van der Waals surface area contributed by atoms with Crippen molar-refractivity contribution in [2.45, 2.75) is 40.0 Å². The van der Waals surface area contributed by atoms with Crippen LogP contribution in [0.4, 0.5) is 0 Å². The van der Waals surface area contributed by atoms with E-state index in [2.05, 4.69) is 25.8 Å². The van der Waals surface area contributed by atoms with Crippen LogP contribution in [0.5, 0.6) is 5.88 Å². The predicted octanol–water partition coefficient (Wildman–Crippen LogP) is 2.78. The summed E-state index contributed by atoms with van der Waals surface area (Å²) in [6.07, 6.45) is 1.81. The maximum absolute atomic E-state index is 8.56. The molecule has 0 bridgehead atoms. The van der Waals surface area contributed by atoms with Crippen molar-refractivity contribution in [3.63, 3.8) is 0 Å². The van der Waals surface area contributed by atoms with Crippen LogP contribution in [0.15, 0.2) is 18.3 Å². The highest BCUT2D eigenvalue weighted by Gasteiger charge is 2.13. The third-order valence-electron chi connectivity index (χ3n) is 1.94. The highest BCUT2D eigenvalue weighted by molar-refractivity contribution is 5.23. The molecule has 0 spiro atoms. The Morgan fingerprint density at radius 3 is 2.25 bits per heavy atom. The summed E-state index contributed by atoms with van der Waals surface area (Å²) < 4.78 is 5.16. The van der Waals surface area contributed by atoms with E-state index in [1.165, 1.54) is 5.56 Å². The van der Waals surface area contributed by atoms with Crippen LogP contribution in [0.2, 0.25) is 0 Å². The van der Waals surface area contributed by atoms with E-state index in [1.54, 1.807) is 0 Å². The Kier molecular flexibility index (Phi) is 6.74. The first-order valence-corrected chi connectivity index (χ1v) is 5.74. The predicted molar refractivity (Wildman–Crippen MR) is 66.9 cm³/mol. The molecule has 0 aromatic carbocycles. The van der Waals surface area contributed by atoms with Gasteiger partial charge in [-0.15, -0.1) is 0 Å². The fourth-order valence-electron chi connectivity index (χ4n) is 1.06. The number of nitrogens with zero attached hydrogens (tertiary/aromatic N) is 1. The molecule has 0 aliphatic heterocycles. The van der Waals surface area contributed by atoms with Gasteiger partial charge in [-0.05, 0) is 11.0 Å². The first-order chi connectivity index (χ1) is 7.54. The first kappa shape index (κ1) is 14.9. The number of hydrogen-bond donors (Lipinski definition) is 1. The maximum atomic E-state index is 8.56. The van der Waals surface area contributed by atoms with Crippen LogP contribution in [0.25, 0.3) is 0 Å². The van der Waals surface area contributed by atoms with Crippen molar-refractivity contribution in [1.82, 2.24) is 4.98 Å². The average Bonchev–Trinajstić information content (AvgIpc) is 2.28. The lowest BCUT2D eigenvalue weighted by atomic mass is 9.88. The van der Waals surface area contributed by atoms with Crippen molar-refractivity contribution in [2.75, 3.05) is 13.2 Å². The summed E-state index contributed by atoms with van der Waals surface area (Å²) >= 11 is 0. The Labute approximate surface area is 98.5 Å². The summed E-state index contributed by atoms with van der Waals surface area (Å²) in [6, 6.07) is 3.83. The van der Waals surface area contributed by atoms with Gasteiger partial charge in [0, 0.05) is 12.3 Å². The van der Waals surface area contributed by atoms with Crippen LogP contribution in [-0.4, -0.2) is 23.3 Å². The number of hydrogen-bond acceptors (Lipinski definition) is 3. The number of aliphatic hydroxyl groups is 1. The molecule has 1 aromatic heterocycles. The second-order valence-electron chi connectivity index (χ2n) is 4.21. The van der Waals surface area contributed by atoms with Gasteiger partial charge in [0.15, 0.2) is 0 Å². The fraction of sp³-hybridized carbons (Fsp3) is 0.615. The molecule has 0 atom stereocenters. The van der Waals surface area contributed by atoms with Gasteiger partial charge in [0.05, 0.1) is 6.61 Å². The summed E-state index contributed by atoms with van der Waals surface area (Å²) in [5.74, 6) is 0.562. The molecule has 0 amide bonds. The molecule has 16 heavy (non-hydrogen) atoms. The lowest BCUT2D eigenvalue weighted by Crippen LogP contribution is -2.11. The summed E-state index contributed by atoms with van der Waals surface area (Å²) in [7, 11) is 0. The Hall–Kier alpha value is -1.09. The molecule has 3 heteroatoms. The van der Waals surface area contributed by atoms with Crippen molar-refractivity contribution in [2.24, 2.45) is 0 Å². The van der Waals surface area contributed by atoms with E-state index in [1.807, 2.05) is 32.2 Å². The monoisotopic (exact) mass is 225 g/mol. The van der Waals surface area contributed by atoms with Gasteiger partial charge < -0.3 is 9.84 Å². The number of pyridine rings is 1. The number of ether oxygens (including phenoxy) is 1. The SMILES string of the molecule is CC.CC(C)(C)c1ccc(OCCO)nc1. The van der Waals surface area contributed by atoms with Crippen LogP contribution < -0.4 is 4.74 Å². The van der Waals surface area contributed by atoms with E-state index in [0.29, 0.717) is 12.5 Å². The molecule has 1 aromatic rings. The van der Waals surface area contributed by atoms with Gasteiger partial charge >= 0.3 is 0 Å². The van der Waals surface area contributed by atoms with Crippen LogP contribution in [0, 0.1) is 0 Å². The van der Waals surface area contributed by atoms with Gasteiger partial charge in [-0.1, -0.05) is 40.7 Å². The number of aromatic nitrogens is 1. The quantitative estimate of drug-likeness (QED) is 0.860. The van der Waals surface area contributed by atoms with E-state index < -0.39 is 0 Å². The minimum absolute atomic E-state index is 0.0166. The Morgan fingerprint density at radius 1 is 1.25 bits per heavy atom. The van der Waals surface area contributed by atoms with E-state index in [9.17, 15) is 0 Å². The molecule has 0 saturated carbocycles. The molecular weight excluding hydrogens is 202 g/mol. The minimum Gasteiger partial charge on any atom is -0.475 e. The average molecular weight is 225 g/mol. The van der Waals surface area contributed by atoms with Crippen LogP contribution in [-0.2, 0) is 5.41 Å². The summed E-state index contributed by atoms with van der Waals surface area (Å²) in [5, 5.41) is 8.56. The standard InChI is InChI=1S/C11H17NO2.C2H6/c1-11(2,3)9-4-5-10(12-8-9)14-7-6-13;1-2/h4-5,8,13H,6-7H2,1-3H3;1-2H3. The van der Waals surface area contributed by atoms with E-state index >= 15 is 0 Å². The second kappa shape index (κ2) is 7.23. The van der Waals surface area contributed by atoms with Gasteiger partial charge in [0.2, 0.25) is 5.88 Å². The zero-order chi connectivity index (χ0) is 12.6. The van der Waals surface area contributed by atoms with Crippen molar-refractivity contribution in [3.8, 4) is 5.88 Å². The molecule has 1 heterocycles. The van der Waals surface area contributed by atoms with E-state index in [4.69, 9.17) is 9.84 Å².